The van der Waals surface area contributed by atoms with Crippen LogP contribution >= 0.6 is 0 Å². The normalized spacial score (nSPS) is 10.4. The van der Waals surface area contributed by atoms with Gasteiger partial charge in [-0.25, -0.2) is 9.59 Å². The lowest BCUT2D eigenvalue weighted by molar-refractivity contribution is 0.0646. The van der Waals surface area contributed by atoms with E-state index in [4.69, 9.17) is 10.2 Å². The number of pyridine rings is 1. The standard InChI is InChI=1S/C13H17NO5/c1-3-4-5-6-8-9(12(16)17)10(13(18)19)11(15)7(2)14-8/h15H,3-6H2,1-2H3,(H,16,17)(H,18,19). The largest absolute Gasteiger partial charge is 0.505 e. The highest BCUT2D eigenvalue weighted by atomic mass is 16.4. The zero-order chi connectivity index (χ0) is 14.6. The Balaban J connectivity index is 3.37. The van der Waals surface area contributed by atoms with Crippen molar-refractivity contribution in [3.63, 3.8) is 0 Å². The molecule has 1 rings (SSSR count). The molecule has 1 aromatic rings. The van der Waals surface area contributed by atoms with Crippen LogP contribution in [-0.2, 0) is 6.42 Å². The van der Waals surface area contributed by atoms with Crippen molar-refractivity contribution in [2.75, 3.05) is 0 Å². The summed E-state index contributed by atoms with van der Waals surface area (Å²) in [6.45, 7) is 3.47. The number of carboxylic acid groups (broad SMARTS) is 2. The SMILES string of the molecule is CCCCCc1nc(C)c(O)c(C(=O)O)c1C(=O)O. The summed E-state index contributed by atoms with van der Waals surface area (Å²) in [4.78, 5) is 26.4. The predicted octanol–water partition coefficient (Wildman–Crippen LogP) is 2.22. The van der Waals surface area contributed by atoms with Crippen molar-refractivity contribution in [2.45, 2.75) is 39.5 Å². The Hall–Kier alpha value is -2.11. The van der Waals surface area contributed by atoms with Gasteiger partial charge in [0.1, 0.15) is 5.56 Å². The van der Waals surface area contributed by atoms with Crippen molar-refractivity contribution >= 4 is 11.9 Å². The number of aromatic carboxylic acids is 2. The molecule has 0 amide bonds. The van der Waals surface area contributed by atoms with E-state index in [1.165, 1.54) is 6.92 Å². The topological polar surface area (TPSA) is 108 Å². The summed E-state index contributed by atoms with van der Waals surface area (Å²) in [5.74, 6) is -3.42. The van der Waals surface area contributed by atoms with E-state index in [2.05, 4.69) is 4.98 Å². The minimum atomic E-state index is -1.46. The molecular formula is C13H17NO5. The van der Waals surface area contributed by atoms with Gasteiger partial charge in [-0.15, -0.1) is 0 Å². The quantitative estimate of drug-likeness (QED) is 0.682. The number of hydrogen-bond acceptors (Lipinski definition) is 4. The summed E-state index contributed by atoms with van der Waals surface area (Å²) >= 11 is 0. The smallest absolute Gasteiger partial charge is 0.340 e. The Labute approximate surface area is 110 Å². The summed E-state index contributed by atoms with van der Waals surface area (Å²) in [5, 5.41) is 27.9. The second kappa shape index (κ2) is 6.17. The zero-order valence-corrected chi connectivity index (χ0v) is 10.9. The molecule has 0 aliphatic rings. The maximum absolute atomic E-state index is 11.2. The fourth-order valence-corrected chi connectivity index (χ4v) is 1.92. The van der Waals surface area contributed by atoms with Crippen molar-refractivity contribution in [3.05, 3.63) is 22.5 Å². The van der Waals surface area contributed by atoms with E-state index in [1.807, 2.05) is 6.92 Å². The predicted molar refractivity (Wildman–Crippen MR) is 67.8 cm³/mol. The first-order valence-electron chi connectivity index (χ1n) is 6.09. The Morgan fingerprint density at radius 3 is 2.16 bits per heavy atom. The van der Waals surface area contributed by atoms with Crippen LogP contribution in [0.25, 0.3) is 0 Å². The molecule has 3 N–H and O–H groups in total. The summed E-state index contributed by atoms with van der Waals surface area (Å²) in [6, 6.07) is 0. The van der Waals surface area contributed by atoms with Crippen LogP contribution in [-0.4, -0.2) is 32.2 Å². The molecule has 104 valence electrons. The molecule has 1 aromatic heterocycles. The molecule has 0 bridgehead atoms. The van der Waals surface area contributed by atoms with Crippen LogP contribution in [0.15, 0.2) is 0 Å². The van der Waals surface area contributed by atoms with Crippen molar-refractivity contribution in [1.82, 2.24) is 4.98 Å². The Bertz CT molecular complexity index is 510. The van der Waals surface area contributed by atoms with Gasteiger partial charge in [0, 0.05) is 0 Å². The molecule has 0 aromatic carbocycles. The molecule has 0 aliphatic carbocycles. The van der Waals surface area contributed by atoms with Gasteiger partial charge in [0.2, 0.25) is 0 Å². The molecule has 0 fully saturated rings. The molecule has 19 heavy (non-hydrogen) atoms. The number of hydrogen-bond donors (Lipinski definition) is 3. The highest BCUT2D eigenvalue weighted by Crippen LogP contribution is 2.27. The van der Waals surface area contributed by atoms with Crippen LogP contribution in [0.4, 0.5) is 0 Å². The van der Waals surface area contributed by atoms with Gasteiger partial charge in [-0.1, -0.05) is 19.8 Å². The van der Waals surface area contributed by atoms with Crippen molar-refractivity contribution < 1.29 is 24.9 Å². The number of unbranched alkanes of at least 4 members (excludes halogenated alkanes) is 2. The van der Waals surface area contributed by atoms with E-state index >= 15 is 0 Å². The number of nitrogens with zero attached hydrogens (tertiary/aromatic N) is 1. The second-order valence-electron chi connectivity index (χ2n) is 4.31. The number of carbonyl (C=O) groups is 2. The Morgan fingerprint density at radius 1 is 1.11 bits per heavy atom. The number of aromatic hydroxyl groups is 1. The van der Waals surface area contributed by atoms with E-state index in [1.54, 1.807) is 0 Å². The van der Waals surface area contributed by atoms with E-state index in [0.717, 1.165) is 19.3 Å². The zero-order valence-electron chi connectivity index (χ0n) is 10.9. The average Bonchev–Trinajstić information content (AvgIpc) is 2.32. The van der Waals surface area contributed by atoms with E-state index in [0.29, 0.717) is 6.42 Å². The first kappa shape index (κ1) is 14.9. The molecule has 1 heterocycles. The average molecular weight is 267 g/mol. The lowest BCUT2D eigenvalue weighted by Crippen LogP contribution is -2.15. The summed E-state index contributed by atoms with van der Waals surface area (Å²) in [5.41, 5.74) is -0.638. The first-order chi connectivity index (χ1) is 8.90. The fourth-order valence-electron chi connectivity index (χ4n) is 1.92. The molecule has 0 radical (unpaired) electrons. The number of aryl methyl sites for hydroxylation is 2. The maximum Gasteiger partial charge on any atom is 0.340 e. The highest BCUT2D eigenvalue weighted by molar-refractivity contribution is 6.04. The van der Waals surface area contributed by atoms with Gasteiger partial charge in [0.05, 0.1) is 17.0 Å². The van der Waals surface area contributed by atoms with Crippen LogP contribution in [0.1, 0.15) is 58.3 Å². The summed E-state index contributed by atoms with van der Waals surface area (Å²) < 4.78 is 0. The fraction of sp³-hybridized carbons (Fsp3) is 0.462. The third-order valence-corrected chi connectivity index (χ3v) is 2.87. The van der Waals surface area contributed by atoms with Gasteiger partial charge < -0.3 is 15.3 Å². The molecule has 0 saturated carbocycles. The monoisotopic (exact) mass is 267 g/mol. The van der Waals surface area contributed by atoms with Crippen molar-refractivity contribution in [3.8, 4) is 5.75 Å². The van der Waals surface area contributed by atoms with Crippen LogP contribution < -0.4 is 0 Å². The van der Waals surface area contributed by atoms with E-state index in [-0.39, 0.29) is 11.4 Å². The minimum absolute atomic E-state index is 0.133. The molecule has 0 spiro atoms. The number of rotatable bonds is 6. The molecule has 0 saturated heterocycles. The van der Waals surface area contributed by atoms with Gasteiger partial charge in [-0.2, -0.15) is 0 Å². The second-order valence-corrected chi connectivity index (χ2v) is 4.31. The molecule has 0 aliphatic heterocycles. The third kappa shape index (κ3) is 3.21. The number of carboxylic acids is 2. The van der Waals surface area contributed by atoms with Crippen molar-refractivity contribution in [1.29, 1.82) is 0 Å². The van der Waals surface area contributed by atoms with Gasteiger partial charge in [-0.05, 0) is 19.8 Å². The lowest BCUT2D eigenvalue weighted by atomic mass is 10.00. The van der Waals surface area contributed by atoms with E-state index < -0.39 is 28.8 Å². The highest BCUT2D eigenvalue weighted by Gasteiger charge is 2.26. The van der Waals surface area contributed by atoms with Crippen LogP contribution in [0.5, 0.6) is 5.75 Å². The first-order valence-corrected chi connectivity index (χ1v) is 6.09. The van der Waals surface area contributed by atoms with Crippen LogP contribution in [0.2, 0.25) is 0 Å². The molecule has 0 unspecified atom stereocenters. The Morgan fingerprint density at radius 2 is 1.68 bits per heavy atom. The Kier molecular flexibility index (Phi) is 4.86. The van der Waals surface area contributed by atoms with Gasteiger partial charge in [-0.3, -0.25) is 4.98 Å². The summed E-state index contributed by atoms with van der Waals surface area (Å²) in [7, 11) is 0. The van der Waals surface area contributed by atoms with Gasteiger partial charge >= 0.3 is 11.9 Å². The van der Waals surface area contributed by atoms with Crippen molar-refractivity contribution in [2.24, 2.45) is 0 Å². The molecular weight excluding hydrogens is 250 g/mol. The van der Waals surface area contributed by atoms with Crippen LogP contribution in [0, 0.1) is 6.92 Å². The van der Waals surface area contributed by atoms with Gasteiger partial charge in [0.15, 0.2) is 5.75 Å². The lowest BCUT2D eigenvalue weighted by Gasteiger charge is -2.12. The number of aromatic nitrogens is 1. The minimum Gasteiger partial charge on any atom is -0.505 e. The summed E-state index contributed by atoms with van der Waals surface area (Å²) in [6.07, 6.45) is 2.98. The molecule has 6 nitrogen and oxygen atoms in total. The molecule has 6 heteroatoms. The van der Waals surface area contributed by atoms with Gasteiger partial charge in [0.25, 0.3) is 0 Å². The third-order valence-electron chi connectivity index (χ3n) is 2.87. The van der Waals surface area contributed by atoms with E-state index in [9.17, 15) is 14.7 Å². The molecule has 0 atom stereocenters. The maximum atomic E-state index is 11.2. The van der Waals surface area contributed by atoms with Crippen LogP contribution in [0.3, 0.4) is 0 Å².